The van der Waals surface area contributed by atoms with Crippen LogP contribution in [0, 0.1) is 17.3 Å². The third-order valence-electron chi connectivity index (χ3n) is 6.49. The molecule has 0 radical (unpaired) electrons. The van der Waals surface area contributed by atoms with Crippen molar-refractivity contribution in [3.63, 3.8) is 0 Å². The van der Waals surface area contributed by atoms with Crippen molar-refractivity contribution in [1.82, 2.24) is 9.21 Å². The first-order valence-corrected chi connectivity index (χ1v) is 14.1. The van der Waals surface area contributed by atoms with E-state index < -0.39 is 19.9 Å². The second-order valence-corrected chi connectivity index (χ2v) is 12.7. The molecule has 0 bridgehead atoms. The largest absolute Gasteiger partial charge is 0.332 e. The first-order chi connectivity index (χ1) is 15.6. The molecule has 2 aromatic carbocycles. The van der Waals surface area contributed by atoms with Crippen LogP contribution in [0.25, 0.3) is 0 Å². The molecule has 0 aromatic heterocycles. The highest BCUT2D eigenvalue weighted by molar-refractivity contribution is 7.90. The maximum Gasteiger partial charge on any atom is 0.298 e. The Bertz CT molecular complexity index is 1300. The number of carbonyl (C=O) groups is 1. The van der Waals surface area contributed by atoms with Crippen molar-refractivity contribution in [2.75, 3.05) is 32.4 Å². The molecule has 7 nitrogen and oxygen atoms in total. The zero-order chi connectivity index (χ0) is 23.7. The maximum absolute atomic E-state index is 13.1. The quantitative estimate of drug-likeness (QED) is 0.620. The number of amides is 1. The molecule has 2 aliphatic heterocycles. The number of hydrogen-bond donors (Lipinski definition) is 0. The third-order valence-corrected chi connectivity index (χ3v) is 9.48. The van der Waals surface area contributed by atoms with Gasteiger partial charge in [0.05, 0.1) is 9.79 Å². The average Bonchev–Trinajstić information content (AvgIpc) is 3.22. The van der Waals surface area contributed by atoms with E-state index in [0.29, 0.717) is 26.2 Å². The van der Waals surface area contributed by atoms with E-state index in [1.807, 2.05) is 30.3 Å². The summed E-state index contributed by atoms with van der Waals surface area (Å²) >= 11 is 0. The first kappa shape index (κ1) is 23.5. The minimum atomic E-state index is -3.71. The predicted octanol–water partition coefficient (Wildman–Crippen LogP) is 2.14. The monoisotopic (exact) mass is 486 g/mol. The smallest absolute Gasteiger partial charge is 0.298 e. The lowest BCUT2D eigenvalue weighted by Gasteiger charge is -2.38. The molecular weight excluding hydrogens is 460 g/mol. The molecule has 0 aliphatic carbocycles. The van der Waals surface area contributed by atoms with Gasteiger partial charge in [0, 0.05) is 43.9 Å². The second kappa shape index (κ2) is 8.93. The normalized spacial score (nSPS) is 18.6. The molecule has 2 fully saturated rings. The predicted molar refractivity (Wildman–Crippen MR) is 124 cm³/mol. The molecule has 0 saturated carbocycles. The Morgan fingerprint density at radius 3 is 2.03 bits per heavy atom. The van der Waals surface area contributed by atoms with Crippen LogP contribution in [0.3, 0.4) is 0 Å². The number of benzene rings is 2. The highest BCUT2D eigenvalue weighted by atomic mass is 32.2. The third kappa shape index (κ3) is 5.13. The number of rotatable bonds is 3. The highest BCUT2D eigenvalue weighted by Gasteiger charge is 2.45. The molecule has 0 atom stereocenters. The van der Waals surface area contributed by atoms with Gasteiger partial charge in [-0.2, -0.15) is 4.31 Å². The molecular formula is C24H26N2O5S2. The van der Waals surface area contributed by atoms with E-state index in [1.54, 1.807) is 4.90 Å². The van der Waals surface area contributed by atoms with Gasteiger partial charge < -0.3 is 4.90 Å². The SMILES string of the molecule is CS(=O)(=O)c1ccc(S(=O)(=O)N2CCC3(CCN(C(=O)C#Cc4ccccc4)CC3)C2)cc1. The van der Waals surface area contributed by atoms with Gasteiger partial charge in [-0.05, 0) is 61.1 Å². The summed E-state index contributed by atoms with van der Waals surface area (Å²) in [5.41, 5.74) is 0.643. The number of likely N-dealkylation sites (tertiary alicyclic amines) is 1. The maximum atomic E-state index is 13.1. The topological polar surface area (TPSA) is 91.8 Å². The average molecular weight is 487 g/mol. The standard InChI is InChI=1S/C24H26N2O5S2/c1-32(28,29)21-8-10-22(11-9-21)33(30,31)26-18-15-24(19-26)13-16-25(17-14-24)23(27)12-7-20-5-3-2-4-6-20/h2-6,8-11H,13-19H2,1H3. The van der Waals surface area contributed by atoms with E-state index in [-0.39, 0.29) is 21.1 Å². The summed E-state index contributed by atoms with van der Waals surface area (Å²) in [5, 5.41) is 0. The van der Waals surface area contributed by atoms with E-state index in [9.17, 15) is 21.6 Å². The van der Waals surface area contributed by atoms with Crippen molar-refractivity contribution >= 4 is 25.8 Å². The zero-order valence-corrected chi connectivity index (χ0v) is 20.0. The molecule has 0 N–H and O–H groups in total. The van der Waals surface area contributed by atoms with Crippen LogP contribution in [-0.4, -0.2) is 64.4 Å². The van der Waals surface area contributed by atoms with Gasteiger partial charge in [-0.1, -0.05) is 24.1 Å². The van der Waals surface area contributed by atoms with E-state index in [0.717, 1.165) is 31.1 Å². The van der Waals surface area contributed by atoms with Gasteiger partial charge in [0.25, 0.3) is 5.91 Å². The van der Waals surface area contributed by atoms with Gasteiger partial charge in [-0.25, -0.2) is 16.8 Å². The van der Waals surface area contributed by atoms with Gasteiger partial charge in [0.2, 0.25) is 10.0 Å². The molecule has 2 aliphatic rings. The second-order valence-electron chi connectivity index (χ2n) is 8.74. The van der Waals surface area contributed by atoms with Crippen molar-refractivity contribution in [2.45, 2.75) is 29.1 Å². The van der Waals surface area contributed by atoms with E-state index in [2.05, 4.69) is 11.8 Å². The van der Waals surface area contributed by atoms with Crippen LogP contribution in [0.15, 0.2) is 64.4 Å². The van der Waals surface area contributed by atoms with Crippen molar-refractivity contribution in [1.29, 1.82) is 0 Å². The molecule has 174 valence electrons. The van der Waals surface area contributed by atoms with Gasteiger partial charge in [0.1, 0.15) is 0 Å². The molecule has 1 spiro atoms. The fourth-order valence-electron chi connectivity index (χ4n) is 4.43. The lowest BCUT2D eigenvalue weighted by atomic mass is 9.78. The van der Waals surface area contributed by atoms with E-state index in [1.165, 1.54) is 28.6 Å². The Morgan fingerprint density at radius 1 is 0.848 bits per heavy atom. The number of carbonyl (C=O) groups excluding carboxylic acids is 1. The molecule has 9 heteroatoms. The summed E-state index contributed by atoms with van der Waals surface area (Å²) in [5.74, 6) is 5.39. The van der Waals surface area contributed by atoms with Crippen molar-refractivity contribution in [3.8, 4) is 11.8 Å². The minimum Gasteiger partial charge on any atom is -0.332 e. The summed E-state index contributed by atoms with van der Waals surface area (Å²) in [6.07, 6.45) is 3.28. The van der Waals surface area contributed by atoms with Crippen LogP contribution in [0.5, 0.6) is 0 Å². The summed E-state index contributed by atoms with van der Waals surface area (Å²) in [7, 11) is -7.10. The minimum absolute atomic E-state index is 0.0896. The Kier molecular flexibility index (Phi) is 6.36. The Morgan fingerprint density at radius 2 is 1.42 bits per heavy atom. The van der Waals surface area contributed by atoms with Crippen LogP contribution in [0.4, 0.5) is 0 Å². The molecule has 33 heavy (non-hydrogen) atoms. The Labute approximate surface area is 195 Å². The molecule has 1 amide bonds. The molecule has 2 heterocycles. The summed E-state index contributed by atoms with van der Waals surface area (Å²) in [6, 6.07) is 14.7. The van der Waals surface area contributed by atoms with Gasteiger partial charge in [-0.15, -0.1) is 0 Å². The molecule has 2 aromatic rings. The summed E-state index contributed by atoms with van der Waals surface area (Å²) < 4.78 is 51.0. The number of nitrogens with zero attached hydrogens (tertiary/aromatic N) is 2. The number of sulfone groups is 1. The fraction of sp³-hybridized carbons (Fsp3) is 0.375. The Balaban J connectivity index is 1.39. The van der Waals surface area contributed by atoms with Crippen LogP contribution < -0.4 is 0 Å². The summed E-state index contributed by atoms with van der Waals surface area (Å²) in [6.45, 7) is 1.93. The van der Waals surface area contributed by atoms with Crippen molar-refractivity contribution in [2.24, 2.45) is 5.41 Å². The first-order valence-electron chi connectivity index (χ1n) is 10.8. The Hall–Kier alpha value is -2.67. The van der Waals surface area contributed by atoms with Gasteiger partial charge >= 0.3 is 0 Å². The highest BCUT2D eigenvalue weighted by Crippen LogP contribution is 2.42. The molecule has 0 unspecified atom stereocenters. The van der Waals surface area contributed by atoms with Crippen LogP contribution in [0.2, 0.25) is 0 Å². The van der Waals surface area contributed by atoms with Gasteiger partial charge in [0.15, 0.2) is 9.84 Å². The van der Waals surface area contributed by atoms with Crippen LogP contribution in [-0.2, 0) is 24.7 Å². The van der Waals surface area contributed by atoms with E-state index in [4.69, 9.17) is 0 Å². The molecule has 2 saturated heterocycles. The number of hydrogen-bond acceptors (Lipinski definition) is 5. The number of piperidine rings is 1. The van der Waals surface area contributed by atoms with Crippen LogP contribution >= 0.6 is 0 Å². The van der Waals surface area contributed by atoms with Crippen molar-refractivity contribution in [3.05, 3.63) is 60.2 Å². The lowest BCUT2D eigenvalue weighted by Crippen LogP contribution is -2.44. The van der Waals surface area contributed by atoms with Crippen LogP contribution in [0.1, 0.15) is 24.8 Å². The summed E-state index contributed by atoms with van der Waals surface area (Å²) in [4.78, 5) is 14.4. The van der Waals surface area contributed by atoms with E-state index >= 15 is 0 Å². The fourth-order valence-corrected chi connectivity index (χ4v) is 6.61. The zero-order valence-electron chi connectivity index (χ0n) is 18.4. The van der Waals surface area contributed by atoms with Crippen molar-refractivity contribution < 1.29 is 21.6 Å². The van der Waals surface area contributed by atoms with Gasteiger partial charge in [-0.3, -0.25) is 4.79 Å². The molecule has 4 rings (SSSR count). The number of sulfonamides is 1. The lowest BCUT2D eigenvalue weighted by molar-refractivity contribution is -0.127.